The van der Waals surface area contributed by atoms with Crippen LogP contribution in [0.4, 0.5) is 0 Å². The summed E-state index contributed by atoms with van der Waals surface area (Å²) in [5.41, 5.74) is 0.534. The van der Waals surface area contributed by atoms with Crippen LogP contribution in [-0.4, -0.2) is 42.2 Å². The molecule has 0 radical (unpaired) electrons. The standard InChI is InChI=1S/C23H29N5O3S/c1-6-27(13-17-10-8-7-9-11-17)18(29)14-32-21-19-20(24-16(4)25-21)28(12-15(2)3)23(31)26(5)22(19)30/h7-11,15H,6,12-14H2,1-5H3. The zero-order valence-electron chi connectivity index (χ0n) is 19.2. The summed E-state index contributed by atoms with van der Waals surface area (Å²) in [6, 6.07) is 9.82. The number of aromatic nitrogens is 4. The van der Waals surface area contributed by atoms with E-state index in [9.17, 15) is 14.4 Å². The molecule has 2 heterocycles. The van der Waals surface area contributed by atoms with E-state index in [2.05, 4.69) is 9.97 Å². The van der Waals surface area contributed by atoms with E-state index in [1.807, 2.05) is 51.1 Å². The Morgan fingerprint density at radius 1 is 1.16 bits per heavy atom. The van der Waals surface area contributed by atoms with Crippen LogP contribution in [0.25, 0.3) is 11.0 Å². The molecule has 0 fully saturated rings. The molecule has 2 aromatic heterocycles. The first-order chi connectivity index (χ1) is 15.2. The number of fused-ring (bicyclic) bond motifs is 1. The molecule has 3 rings (SSSR count). The lowest BCUT2D eigenvalue weighted by Crippen LogP contribution is -2.39. The summed E-state index contributed by atoms with van der Waals surface area (Å²) in [6.07, 6.45) is 0. The van der Waals surface area contributed by atoms with E-state index in [1.54, 1.807) is 11.8 Å². The molecule has 0 spiro atoms. The van der Waals surface area contributed by atoms with E-state index < -0.39 is 11.2 Å². The van der Waals surface area contributed by atoms with E-state index in [4.69, 9.17) is 0 Å². The van der Waals surface area contributed by atoms with Gasteiger partial charge in [0.25, 0.3) is 5.56 Å². The Hall–Kier alpha value is -2.94. The number of thioether (sulfide) groups is 1. The number of aryl methyl sites for hydroxylation is 1. The molecule has 0 unspecified atom stereocenters. The average Bonchev–Trinajstić information content (AvgIpc) is 2.77. The highest BCUT2D eigenvalue weighted by atomic mass is 32.2. The fourth-order valence-electron chi connectivity index (χ4n) is 3.48. The van der Waals surface area contributed by atoms with Crippen molar-refractivity contribution >= 4 is 28.7 Å². The van der Waals surface area contributed by atoms with Gasteiger partial charge in [-0.1, -0.05) is 55.9 Å². The molecule has 0 atom stereocenters. The van der Waals surface area contributed by atoms with Crippen molar-refractivity contribution in [1.29, 1.82) is 0 Å². The lowest BCUT2D eigenvalue weighted by atomic mass is 10.2. The normalized spacial score (nSPS) is 11.3. The van der Waals surface area contributed by atoms with Crippen molar-refractivity contribution in [2.75, 3.05) is 12.3 Å². The molecular formula is C23H29N5O3S. The number of carbonyl (C=O) groups excluding carboxylic acids is 1. The van der Waals surface area contributed by atoms with Crippen LogP contribution in [0.1, 0.15) is 32.2 Å². The molecule has 3 aromatic rings. The molecule has 170 valence electrons. The number of rotatable bonds is 8. The second kappa shape index (κ2) is 10.1. The first-order valence-corrected chi connectivity index (χ1v) is 11.6. The van der Waals surface area contributed by atoms with Gasteiger partial charge in [-0.3, -0.25) is 18.7 Å². The fraction of sp³-hybridized carbons (Fsp3) is 0.435. The van der Waals surface area contributed by atoms with Crippen molar-refractivity contribution < 1.29 is 4.79 Å². The van der Waals surface area contributed by atoms with Crippen LogP contribution in [0.2, 0.25) is 0 Å². The molecule has 0 aliphatic carbocycles. The molecule has 8 nitrogen and oxygen atoms in total. The number of amides is 1. The first-order valence-electron chi connectivity index (χ1n) is 10.7. The van der Waals surface area contributed by atoms with Gasteiger partial charge in [0.1, 0.15) is 16.2 Å². The van der Waals surface area contributed by atoms with Gasteiger partial charge in [0.2, 0.25) is 5.91 Å². The number of nitrogens with zero attached hydrogens (tertiary/aromatic N) is 5. The molecular weight excluding hydrogens is 426 g/mol. The summed E-state index contributed by atoms with van der Waals surface area (Å²) in [5.74, 6) is 0.739. The zero-order valence-corrected chi connectivity index (χ0v) is 20.0. The maximum absolute atomic E-state index is 13.0. The molecule has 1 aromatic carbocycles. The molecule has 0 N–H and O–H groups in total. The SMILES string of the molecule is CCN(Cc1ccccc1)C(=O)CSc1nc(C)nc2c1c(=O)n(C)c(=O)n2CC(C)C. The van der Waals surface area contributed by atoms with E-state index in [0.717, 1.165) is 10.1 Å². The van der Waals surface area contributed by atoms with Crippen LogP contribution in [-0.2, 0) is 24.9 Å². The Labute approximate surface area is 191 Å². The van der Waals surface area contributed by atoms with Crippen molar-refractivity contribution in [2.45, 2.75) is 45.8 Å². The van der Waals surface area contributed by atoms with E-state index in [1.165, 1.54) is 23.4 Å². The molecule has 1 amide bonds. The topological polar surface area (TPSA) is 90.1 Å². The van der Waals surface area contributed by atoms with Crippen LogP contribution < -0.4 is 11.2 Å². The minimum atomic E-state index is -0.448. The van der Waals surface area contributed by atoms with Gasteiger partial charge in [-0.2, -0.15) is 0 Å². The number of carbonyl (C=O) groups is 1. The smallest absolute Gasteiger partial charge is 0.332 e. The zero-order chi connectivity index (χ0) is 23.4. The Bertz CT molecular complexity index is 1230. The maximum Gasteiger partial charge on any atom is 0.332 e. The minimum Gasteiger partial charge on any atom is -0.338 e. The van der Waals surface area contributed by atoms with Crippen LogP contribution in [0.5, 0.6) is 0 Å². The summed E-state index contributed by atoms with van der Waals surface area (Å²) in [6.45, 7) is 9.19. The highest BCUT2D eigenvalue weighted by Gasteiger charge is 2.20. The van der Waals surface area contributed by atoms with Crippen molar-refractivity contribution in [3.8, 4) is 0 Å². The van der Waals surface area contributed by atoms with E-state index in [0.29, 0.717) is 36.1 Å². The van der Waals surface area contributed by atoms with Crippen LogP contribution in [0.15, 0.2) is 44.9 Å². The van der Waals surface area contributed by atoms with Gasteiger partial charge in [-0.15, -0.1) is 0 Å². The lowest BCUT2D eigenvalue weighted by Gasteiger charge is -2.21. The molecule has 9 heteroatoms. The molecule has 0 aliphatic heterocycles. The summed E-state index contributed by atoms with van der Waals surface area (Å²) in [7, 11) is 1.46. The number of hydrogen-bond acceptors (Lipinski definition) is 6. The summed E-state index contributed by atoms with van der Waals surface area (Å²) in [5, 5.41) is 0.706. The predicted molar refractivity (Wildman–Crippen MR) is 127 cm³/mol. The van der Waals surface area contributed by atoms with Crippen molar-refractivity contribution in [1.82, 2.24) is 24.0 Å². The van der Waals surface area contributed by atoms with Crippen molar-refractivity contribution in [3.05, 3.63) is 62.6 Å². The molecule has 0 saturated carbocycles. The Kier molecular flexibility index (Phi) is 7.50. The summed E-state index contributed by atoms with van der Waals surface area (Å²) in [4.78, 5) is 49.2. The third-order valence-corrected chi connectivity index (χ3v) is 6.05. The molecule has 0 bridgehead atoms. The Morgan fingerprint density at radius 3 is 2.47 bits per heavy atom. The molecule has 32 heavy (non-hydrogen) atoms. The Morgan fingerprint density at radius 2 is 1.84 bits per heavy atom. The Balaban J connectivity index is 1.95. The van der Waals surface area contributed by atoms with Gasteiger partial charge in [0, 0.05) is 26.7 Å². The van der Waals surface area contributed by atoms with Gasteiger partial charge < -0.3 is 4.90 Å². The van der Waals surface area contributed by atoms with Crippen molar-refractivity contribution in [3.63, 3.8) is 0 Å². The second-order valence-corrected chi connectivity index (χ2v) is 9.07. The van der Waals surface area contributed by atoms with Gasteiger partial charge in [-0.05, 0) is 25.3 Å². The number of hydrogen-bond donors (Lipinski definition) is 0. The van der Waals surface area contributed by atoms with Gasteiger partial charge >= 0.3 is 5.69 Å². The second-order valence-electron chi connectivity index (χ2n) is 8.11. The van der Waals surface area contributed by atoms with Crippen LogP contribution in [0, 0.1) is 12.8 Å². The highest BCUT2D eigenvalue weighted by Crippen LogP contribution is 2.23. The average molecular weight is 456 g/mol. The molecule has 0 saturated heterocycles. The quantitative estimate of drug-likeness (QED) is 0.383. The molecule has 0 aliphatic rings. The third kappa shape index (κ3) is 5.09. The van der Waals surface area contributed by atoms with Gasteiger partial charge in [0.15, 0.2) is 5.65 Å². The van der Waals surface area contributed by atoms with E-state index in [-0.39, 0.29) is 23.0 Å². The first kappa shape index (κ1) is 23.7. The van der Waals surface area contributed by atoms with Crippen molar-refractivity contribution in [2.24, 2.45) is 13.0 Å². The number of benzene rings is 1. The highest BCUT2D eigenvalue weighted by molar-refractivity contribution is 8.00. The fourth-order valence-corrected chi connectivity index (χ4v) is 4.44. The monoisotopic (exact) mass is 455 g/mol. The van der Waals surface area contributed by atoms with Crippen LogP contribution in [0.3, 0.4) is 0 Å². The van der Waals surface area contributed by atoms with Crippen LogP contribution >= 0.6 is 11.8 Å². The lowest BCUT2D eigenvalue weighted by molar-refractivity contribution is -0.128. The summed E-state index contributed by atoms with van der Waals surface area (Å²) < 4.78 is 2.61. The predicted octanol–water partition coefficient (Wildman–Crippen LogP) is 2.60. The van der Waals surface area contributed by atoms with Gasteiger partial charge in [-0.25, -0.2) is 14.8 Å². The largest absolute Gasteiger partial charge is 0.338 e. The summed E-state index contributed by atoms with van der Waals surface area (Å²) >= 11 is 1.21. The maximum atomic E-state index is 13.0. The van der Waals surface area contributed by atoms with E-state index >= 15 is 0 Å². The third-order valence-electron chi connectivity index (χ3n) is 5.09. The van der Waals surface area contributed by atoms with Gasteiger partial charge in [0.05, 0.1) is 5.75 Å². The minimum absolute atomic E-state index is 0.0434.